The van der Waals surface area contributed by atoms with Gasteiger partial charge in [-0.15, -0.1) is 0 Å². The number of nitrogens with zero attached hydrogens (tertiary/aromatic N) is 4. The second-order valence-corrected chi connectivity index (χ2v) is 16.5. The number of aryl methyl sites for hydroxylation is 2. The summed E-state index contributed by atoms with van der Waals surface area (Å²) in [5, 5.41) is 20.9. The number of hydrogen-bond donors (Lipinski definition) is 3. The van der Waals surface area contributed by atoms with E-state index in [4.69, 9.17) is 49.2 Å². The summed E-state index contributed by atoms with van der Waals surface area (Å²) in [6.07, 6.45) is -1.51. The number of benzene rings is 1. The number of halogens is 1. The van der Waals surface area contributed by atoms with E-state index in [-0.39, 0.29) is 64.3 Å². The highest BCUT2D eigenvalue weighted by atomic mass is 35.5. The Morgan fingerprint density at radius 3 is 2.44 bits per heavy atom. The standard InChI is InChI=1S/C37H53ClN6O9Si2/c1-21-31(30-22(2)43-51-23(30)3)41-33(42-32(21)40-17-25-20-48-14-13-44(25)35(46)47)27-15-26(11-12-28(27)38)49-19-24(16-39-18-29(45)50-36(4,5)6)37(7,8)34(52-54-9)53-55-10/h11-12,15,24-25,34,39H,13-14,16-20H2,1-10H3,(H,46,47)(H,40,41,42)/t24-,25?/m1/s1. The number of morpholine rings is 1. The van der Waals surface area contributed by atoms with Gasteiger partial charge in [-0.05, 0) is 72.8 Å². The predicted molar refractivity (Wildman–Crippen MR) is 211 cm³/mol. The summed E-state index contributed by atoms with van der Waals surface area (Å²) in [6.45, 7) is 20.9. The highest BCUT2D eigenvalue weighted by molar-refractivity contribution is 6.33. The van der Waals surface area contributed by atoms with E-state index in [1.54, 1.807) is 18.2 Å². The van der Waals surface area contributed by atoms with Crippen LogP contribution in [0, 0.1) is 32.1 Å². The molecule has 3 heterocycles. The van der Waals surface area contributed by atoms with Gasteiger partial charge in [0, 0.05) is 42.1 Å². The Kier molecular flexibility index (Phi) is 15.7. The summed E-state index contributed by atoms with van der Waals surface area (Å²) in [5.74, 6) is 1.39. The Morgan fingerprint density at radius 2 is 1.82 bits per heavy atom. The monoisotopic (exact) mass is 816 g/mol. The van der Waals surface area contributed by atoms with Crippen molar-refractivity contribution < 1.29 is 42.3 Å². The van der Waals surface area contributed by atoms with Crippen LogP contribution in [0.2, 0.25) is 18.1 Å². The third-order valence-corrected chi connectivity index (χ3v) is 10.4. The van der Waals surface area contributed by atoms with Crippen molar-refractivity contribution >= 4 is 49.0 Å². The summed E-state index contributed by atoms with van der Waals surface area (Å²) in [6, 6.07) is 4.88. The number of ether oxygens (including phenoxy) is 3. The van der Waals surface area contributed by atoms with Gasteiger partial charge in [-0.3, -0.25) is 9.69 Å². The molecular weight excluding hydrogens is 764 g/mol. The van der Waals surface area contributed by atoms with Gasteiger partial charge in [0.05, 0.1) is 54.4 Å². The highest BCUT2D eigenvalue weighted by Gasteiger charge is 2.39. The fourth-order valence-corrected chi connectivity index (χ4v) is 7.55. The molecular formula is C37H53ClN6O9Si2. The van der Waals surface area contributed by atoms with E-state index >= 15 is 0 Å². The molecule has 15 nitrogen and oxygen atoms in total. The molecule has 1 amide bonds. The van der Waals surface area contributed by atoms with Crippen LogP contribution in [0.5, 0.6) is 5.75 Å². The van der Waals surface area contributed by atoms with Gasteiger partial charge < -0.3 is 43.3 Å². The average Bonchev–Trinajstić information content (AvgIpc) is 3.45. The van der Waals surface area contributed by atoms with Crippen molar-refractivity contribution in [1.82, 2.24) is 25.3 Å². The molecule has 0 bridgehead atoms. The summed E-state index contributed by atoms with van der Waals surface area (Å²) < 4.78 is 35.2. The number of amides is 1. The quantitative estimate of drug-likeness (QED) is 0.0795. The molecule has 2 aromatic heterocycles. The smallest absolute Gasteiger partial charge is 0.407 e. The molecule has 1 saturated heterocycles. The number of carboxylic acid groups (broad SMARTS) is 1. The number of aromatic nitrogens is 3. The SMILES string of the molecule is C[Si]OC(O[Si]C)C(C)(C)[C@H](CNCC(=O)OC(C)(C)C)COc1ccc(Cl)c(-c2nc(NCC3COCCN3C(=O)O)c(C)c(-c3c(C)noc3C)n2)c1. The minimum atomic E-state index is -1.01. The Bertz CT molecular complexity index is 1750. The summed E-state index contributed by atoms with van der Waals surface area (Å²) >= 11 is 6.85. The van der Waals surface area contributed by atoms with Gasteiger partial charge >= 0.3 is 12.1 Å². The Hall–Kier alpha value is -3.59. The first-order chi connectivity index (χ1) is 26.0. The molecule has 1 aliphatic rings. The molecule has 55 heavy (non-hydrogen) atoms. The normalized spacial score (nSPS) is 15.6. The molecule has 4 radical (unpaired) electrons. The highest BCUT2D eigenvalue weighted by Crippen LogP contribution is 2.38. The summed E-state index contributed by atoms with van der Waals surface area (Å²) in [5.41, 5.74) is 2.09. The Morgan fingerprint density at radius 1 is 1.11 bits per heavy atom. The van der Waals surface area contributed by atoms with Gasteiger partial charge in [-0.1, -0.05) is 30.6 Å². The molecule has 3 N–H and O–H groups in total. The molecule has 18 heteroatoms. The minimum Gasteiger partial charge on any atom is -0.493 e. The largest absolute Gasteiger partial charge is 0.493 e. The van der Waals surface area contributed by atoms with E-state index in [1.807, 2.05) is 54.6 Å². The third-order valence-electron chi connectivity index (χ3n) is 9.21. The zero-order valence-corrected chi connectivity index (χ0v) is 36.0. The van der Waals surface area contributed by atoms with Crippen LogP contribution < -0.4 is 15.4 Å². The van der Waals surface area contributed by atoms with Crippen LogP contribution >= 0.6 is 11.6 Å². The molecule has 0 aliphatic carbocycles. The van der Waals surface area contributed by atoms with Gasteiger partial charge in [-0.2, -0.15) is 0 Å². The van der Waals surface area contributed by atoms with E-state index in [0.29, 0.717) is 58.3 Å². The van der Waals surface area contributed by atoms with Crippen molar-refractivity contribution in [2.75, 3.05) is 51.3 Å². The first-order valence-corrected chi connectivity index (χ1v) is 21.3. The summed E-state index contributed by atoms with van der Waals surface area (Å²) in [7, 11) is 0.424. The van der Waals surface area contributed by atoms with E-state index < -0.39 is 29.4 Å². The van der Waals surface area contributed by atoms with Crippen LogP contribution in [0.15, 0.2) is 22.7 Å². The van der Waals surface area contributed by atoms with Gasteiger partial charge in [-0.25, -0.2) is 14.8 Å². The lowest BCUT2D eigenvalue weighted by Crippen LogP contribution is -2.51. The topological polar surface area (TPSA) is 180 Å². The first-order valence-electron chi connectivity index (χ1n) is 18.1. The minimum absolute atomic E-state index is 0.0308. The first kappa shape index (κ1) is 44.1. The van der Waals surface area contributed by atoms with E-state index in [9.17, 15) is 14.7 Å². The second-order valence-electron chi connectivity index (χ2n) is 14.8. The van der Waals surface area contributed by atoms with Crippen LogP contribution in [0.3, 0.4) is 0 Å². The van der Waals surface area contributed by atoms with Crippen molar-refractivity contribution in [3.05, 3.63) is 40.2 Å². The zero-order valence-electron chi connectivity index (χ0n) is 33.3. The van der Waals surface area contributed by atoms with Crippen LogP contribution in [0.4, 0.5) is 10.6 Å². The van der Waals surface area contributed by atoms with Crippen molar-refractivity contribution in [1.29, 1.82) is 0 Å². The number of anilines is 1. The maximum absolute atomic E-state index is 12.5. The van der Waals surface area contributed by atoms with Crippen LogP contribution in [0.1, 0.15) is 51.6 Å². The van der Waals surface area contributed by atoms with Gasteiger partial charge in [0.15, 0.2) is 5.82 Å². The molecule has 4 rings (SSSR count). The molecule has 1 aliphatic heterocycles. The maximum atomic E-state index is 12.5. The fourth-order valence-electron chi connectivity index (χ4n) is 6.12. The number of nitrogens with one attached hydrogen (secondary N) is 2. The Balaban J connectivity index is 1.67. The molecule has 3 aromatic rings. The molecule has 1 aromatic carbocycles. The van der Waals surface area contributed by atoms with E-state index in [2.05, 4.69) is 29.6 Å². The molecule has 300 valence electrons. The van der Waals surface area contributed by atoms with Crippen molar-refractivity contribution in [2.24, 2.45) is 11.3 Å². The van der Waals surface area contributed by atoms with Gasteiger partial charge in [0.25, 0.3) is 0 Å². The average molecular weight is 817 g/mol. The number of carbonyl (C=O) groups is 2. The molecule has 2 atom stereocenters. The van der Waals surface area contributed by atoms with Crippen molar-refractivity contribution in [3.63, 3.8) is 0 Å². The predicted octanol–water partition coefficient (Wildman–Crippen LogP) is 5.81. The third kappa shape index (κ3) is 11.7. The Labute approximate surface area is 333 Å². The molecule has 1 unspecified atom stereocenters. The lowest BCUT2D eigenvalue weighted by atomic mass is 9.78. The van der Waals surface area contributed by atoms with Gasteiger partial charge in [0.1, 0.15) is 29.2 Å². The zero-order chi connectivity index (χ0) is 40.5. The van der Waals surface area contributed by atoms with Crippen LogP contribution in [-0.2, 0) is 23.1 Å². The fraction of sp³-hybridized carbons (Fsp3) is 0.595. The lowest BCUT2D eigenvalue weighted by molar-refractivity contribution is -0.153. The maximum Gasteiger partial charge on any atom is 0.407 e. The molecule has 0 spiro atoms. The van der Waals surface area contributed by atoms with E-state index in [0.717, 1.165) is 11.1 Å². The van der Waals surface area contributed by atoms with Crippen LogP contribution in [-0.4, -0.2) is 121 Å². The van der Waals surface area contributed by atoms with Gasteiger partial charge in [0.2, 0.25) is 19.5 Å². The number of rotatable bonds is 18. The summed E-state index contributed by atoms with van der Waals surface area (Å²) in [4.78, 5) is 35.7. The van der Waals surface area contributed by atoms with Crippen molar-refractivity contribution in [3.8, 4) is 28.4 Å². The lowest BCUT2D eigenvalue weighted by Gasteiger charge is -2.40. The second kappa shape index (κ2) is 19.5. The number of esters is 1. The van der Waals surface area contributed by atoms with Crippen LogP contribution in [0.25, 0.3) is 22.6 Å². The van der Waals surface area contributed by atoms with E-state index in [1.165, 1.54) is 4.90 Å². The number of carbonyl (C=O) groups excluding carboxylic acids is 1. The number of hydrogen-bond acceptors (Lipinski definition) is 13. The molecule has 0 saturated carbocycles. The molecule has 1 fully saturated rings. The van der Waals surface area contributed by atoms with Crippen molar-refractivity contribution in [2.45, 2.75) is 86.4 Å².